The van der Waals surface area contributed by atoms with E-state index in [0.29, 0.717) is 12.3 Å². The maximum atomic E-state index is 13.7. The van der Waals surface area contributed by atoms with Crippen LogP contribution in [0.2, 0.25) is 0 Å². The molecule has 1 aliphatic rings. The van der Waals surface area contributed by atoms with Crippen molar-refractivity contribution in [2.45, 2.75) is 32.2 Å². The Hall–Kier alpha value is -1.81. The third-order valence-corrected chi connectivity index (χ3v) is 4.58. The molecule has 0 aliphatic carbocycles. The van der Waals surface area contributed by atoms with E-state index in [1.807, 2.05) is 24.4 Å². The zero-order chi connectivity index (χ0) is 16.1. The quantitative estimate of drug-likeness (QED) is 0.821. The summed E-state index contributed by atoms with van der Waals surface area (Å²) in [6.45, 7) is 2.90. The molecule has 0 saturated carbocycles. The zero-order valence-electron chi connectivity index (χ0n) is 13.2. The summed E-state index contributed by atoms with van der Waals surface area (Å²) in [5.41, 5.74) is 1.31. The number of piperidine rings is 1. The number of rotatable bonds is 5. The number of benzene rings is 1. The highest BCUT2D eigenvalue weighted by Crippen LogP contribution is 2.24. The molecule has 1 fully saturated rings. The SMILES string of the molecule is Fc1cccc(F)c1CCC1CCCN(Cc2ccccn2)C1. The van der Waals surface area contributed by atoms with E-state index in [4.69, 9.17) is 0 Å². The molecule has 1 saturated heterocycles. The summed E-state index contributed by atoms with van der Waals surface area (Å²) < 4.78 is 27.4. The monoisotopic (exact) mass is 316 g/mol. The second-order valence-electron chi connectivity index (χ2n) is 6.30. The predicted molar refractivity (Wildman–Crippen MR) is 86.9 cm³/mol. The highest BCUT2D eigenvalue weighted by molar-refractivity contribution is 5.19. The lowest BCUT2D eigenvalue weighted by atomic mass is 9.91. The molecule has 2 heterocycles. The molecule has 0 radical (unpaired) electrons. The van der Waals surface area contributed by atoms with E-state index in [-0.39, 0.29) is 5.56 Å². The van der Waals surface area contributed by atoms with Crippen LogP contribution in [0.3, 0.4) is 0 Å². The predicted octanol–water partition coefficient (Wildman–Crippen LogP) is 4.20. The maximum Gasteiger partial charge on any atom is 0.129 e. The molecular formula is C19H22F2N2. The van der Waals surface area contributed by atoms with Gasteiger partial charge in [-0.15, -0.1) is 0 Å². The molecule has 3 rings (SSSR count). The van der Waals surface area contributed by atoms with Crippen molar-refractivity contribution in [2.75, 3.05) is 13.1 Å². The molecule has 122 valence electrons. The smallest absolute Gasteiger partial charge is 0.129 e. The van der Waals surface area contributed by atoms with Crippen molar-refractivity contribution in [1.82, 2.24) is 9.88 Å². The van der Waals surface area contributed by atoms with Crippen LogP contribution in [0.4, 0.5) is 8.78 Å². The third kappa shape index (κ3) is 4.35. The second-order valence-corrected chi connectivity index (χ2v) is 6.30. The minimum Gasteiger partial charge on any atom is -0.297 e. The van der Waals surface area contributed by atoms with Crippen LogP contribution in [0.25, 0.3) is 0 Å². The van der Waals surface area contributed by atoms with Gasteiger partial charge in [-0.3, -0.25) is 9.88 Å². The molecule has 0 amide bonds. The van der Waals surface area contributed by atoms with Crippen molar-refractivity contribution in [1.29, 1.82) is 0 Å². The Labute approximate surface area is 136 Å². The van der Waals surface area contributed by atoms with Gasteiger partial charge in [0.05, 0.1) is 5.69 Å². The number of aromatic nitrogens is 1. The third-order valence-electron chi connectivity index (χ3n) is 4.58. The maximum absolute atomic E-state index is 13.7. The van der Waals surface area contributed by atoms with Gasteiger partial charge in [-0.1, -0.05) is 12.1 Å². The van der Waals surface area contributed by atoms with Gasteiger partial charge in [0.15, 0.2) is 0 Å². The fourth-order valence-corrected chi connectivity index (χ4v) is 3.37. The standard InChI is InChI=1S/C19H22F2N2/c20-18-7-3-8-19(21)17(18)10-9-15-5-4-12-23(13-15)14-16-6-1-2-11-22-16/h1-3,6-8,11,15H,4-5,9-10,12-14H2. The Morgan fingerprint density at radius 3 is 2.65 bits per heavy atom. The molecule has 1 aromatic carbocycles. The van der Waals surface area contributed by atoms with Crippen LogP contribution in [0.15, 0.2) is 42.6 Å². The Kier molecular flexibility index (Phi) is 5.34. The summed E-state index contributed by atoms with van der Waals surface area (Å²) in [5.74, 6) is -0.358. The van der Waals surface area contributed by atoms with Gasteiger partial charge in [0, 0.05) is 24.8 Å². The van der Waals surface area contributed by atoms with Crippen LogP contribution >= 0.6 is 0 Å². The van der Waals surface area contributed by atoms with E-state index >= 15 is 0 Å². The van der Waals surface area contributed by atoms with Crippen LogP contribution in [0.1, 0.15) is 30.5 Å². The molecule has 4 heteroatoms. The molecule has 1 atom stereocenters. The van der Waals surface area contributed by atoms with Gasteiger partial charge < -0.3 is 0 Å². The molecule has 1 aliphatic heterocycles. The van der Waals surface area contributed by atoms with Crippen molar-refractivity contribution >= 4 is 0 Å². The lowest BCUT2D eigenvalue weighted by molar-refractivity contribution is 0.160. The average Bonchev–Trinajstić information content (AvgIpc) is 2.56. The Morgan fingerprint density at radius 1 is 1.09 bits per heavy atom. The van der Waals surface area contributed by atoms with Gasteiger partial charge in [-0.2, -0.15) is 0 Å². The molecule has 2 aromatic rings. The van der Waals surface area contributed by atoms with Crippen LogP contribution in [0.5, 0.6) is 0 Å². The first-order chi connectivity index (χ1) is 11.2. The van der Waals surface area contributed by atoms with Crippen molar-refractivity contribution in [3.63, 3.8) is 0 Å². The number of pyridine rings is 1. The van der Waals surface area contributed by atoms with E-state index in [0.717, 1.165) is 44.6 Å². The topological polar surface area (TPSA) is 16.1 Å². The molecule has 2 nitrogen and oxygen atoms in total. The molecule has 0 spiro atoms. The molecule has 0 bridgehead atoms. The van der Waals surface area contributed by atoms with E-state index in [9.17, 15) is 8.78 Å². The Balaban J connectivity index is 1.55. The van der Waals surface area contributed by atoms with Crippen molar-refractivity contribution in [3.8, 4) is 0 Å². The van der Waals surface area contributed by atoms with Gasteiger partial charge in [0.25, 0.3) is 0 Å². The van der Waals surface area contributed by atoms with Gasteiger partial charge >= 0.3 is 0 Å². The van der Waals surface area contributed by atoms with Crippen molar-refractivity contribution < 1.29 is 8.78 Å². The zero-order valence-corrected chi connectivity index (χ0v) is 13.2. The Bertz CT molecular complexity index is 610. The normalized spacial score (nSPS) is 19.0. The van der Waals surface area contributed by atoms with Crippen LogP contribution in [0, 0.1) is 17.6 Å². The lowest BCUT2D eigenvalue weighted by Gasteiger charge is -2.32. The van der Waals surface area contributed by atoms with Gasteiger partial charge in [0.2, 0.25) is 0 Å². The Morgan fingerprint density at radius 2 is 1.91 bits per heavy atom. The summed E-state index contributed by atoms with van der Waals surface area (Å²) in [7, 11) is 0. The minimum atomic E-state index is -0.425. The highest BCUT2D eigenvalue weighted by atomic mass is 19.1. The molecule has 1 aromatic heterocycles. The molecule has 23 heavy (non-hydrogen) atoms. The summed E-state index contributed by atoms with van der Waals surface area (Å²) in [4.78, 5) is 6.77. The van der Waals surface area contributed by atoms with Crippen LogP contribution in [-0.2, 0) is 13.0 Å². The number of likely N-dealkylation sites (tertiary alicyclic amines) is 1. The molecule has 1 unspecified atom stereocenters. The fourth-order valence-electron chi connectivity index (χ4n) is 3.37. The summed E-state index contributed by atoms with van der Waals surface area (Å²) in [6.07, 6.45) is 5.39. The van der Waals surface area contributed by atoms with Crippen molar-refractivity contribution in [2.24, 2.45) is 5.92 Å². The van der Waals surface area contributed by atoms with E-state index in [2.05, 4.69) is 9.88 Å². The first-order valence-electron chi connectivity index (χ1n) is 8.27. The largest absolute Gasteiger partial charge is 0.297 e. The van der Waals surface area contributed by atoms with Gasteiger partial charge in [0.1, 0.15) is 11.6 Å². The summed E-state index contributed by atoms with van der Waals surface area (Å²) in [6, 6.07) is 10.1. The lowest BCUT2D eigenvalue weighted by Crippen LogP contribution is -2.35. The molecular weight excluding hydrogens is 294 g/mol. The summed E-state index contributed by atoms with van der Waals surface area (Å²) >= 11 is 0. The van der Waals surface area contributed by atoms with E-state index in [1.165, 1.54) is 18.2 Å². The highest BCUT2D eigenvalue weighted by Gasteiger charge is 2.21. The second kappa shape index (κ2) is 7.64. The number of hydrogen-bond acceptors (Lipinski definition) is 2. The first-order valence-corrected chi connectivity index (χ1v) is 8.27. The van der Waals surface area contributed by atoms with E-state index < -0.39 is 11.6 Å². The van der Waals surface area contributed by atoms with E-state index in [1.54, 1.807) is 0 Å². The first kappa shape index (κ1) is 16.1. The number of halogens is 2. The fraction of sp³-hybridized carbons (Fsp3) is 0.421. The van der Waals surface area contributed by atoms with Gasteiger partial charge in [-0.25, -0.2) is 8.78 Å². The van der Waals surface area contributed by atoms with Crippen LogP contribution in [-0.4, -0.2) is 23.0 Å². The minimum absolute atomic E-state index is 0.231. The molecule has 0 N–H and O–H groups in total. The van der Waals surface area contributed by atoms with Gasteiger partial charge in [-0.05, 0) is 62.4 Å². The van der Waals surface area contributed by atoms with Crippen LogP contribution < -0.4 is 0 Å². The number of hydrogen-bond donors (Lipinski definition) is 0. The van der Waals surface area contributed by atoms with Crippen molar-refractivity contribution in [3.05, 3.63) is 65.5 Å². The summed E-state index contributed by atoms with van der Waals surface area (Å²) in [5, 5.41) is 0. The average molecular weight is 316 g/mol. The number of nitrogens with zero attached hydrogens (tertiary/aromatic N) is 2.